The van der Waals surface area contributed by atoms with Crippen molar-refractivity contribution in [3.05, 3.63) is 12.7 Å². The van der Waals surface area contributed by atoms with E-state index in [0.29, 0.717) is 11.9 Å². The standard InChI is InChI=1S/C28H48N6O7S/c1-2-3-4-5-6-7-8-9-10-11-12-13-14-15-16-17-22(35)33-42(38,39)40-18-21-24(36)25(37)28(41-21)34-20-32-23-26(29)30-19-31-27(23)34/h19-21,24-25,28,36-37H,2-18H2,1H3,(H,33,35)(H2,29,30,31)/t21-,24-,25-,28-/m1/s1. The van der Waals surface area contributed by atoms with Crippen molar-refractivity contribution in [2.24, 2.45) is 0 Å². The first-order valence-electron chi connectivity index (χ1n) is 15.4. The average molecular weight is 613 g/mol. The van der Waals surface area contributed by atoms with Crippen molar-refractivity contribution in [1.82, 2.24) is 24.2 Å². The summed E-state index contributed by atoms with van der Waals surface area (Å²) < 4.78 is 38.3. The number of nitrogens with one attached hydrogen (secondary N) is 1. The summed E-state index contributed by atoms with van der Waals surface area (Å²) in [7, 11) is -4.42. The van der Waals surface area contributed by atoms with Crippen LogP contribution in [-0.2, 0) is 24.0 Å². The number of anilines is 1. The second kappa shape index (κ2) is 17.7. The number of hydrogen-bond donors (Lipinski definition) is 4. The highest BCUT2D eigenvalue weighted by molar-refractivity contribution is 7.85. The number of amides is 1. The number of fused-ring (bicyclic) bond motifs is 1. The molecule has 42 heavy (non-hydrogen) atoms. The molecule has 14 heteroatoms. The summed E-state index contributed by atoms with van der Waals surface area (Å²) in [5, 5.41) is 20.9. The van der Waals surface area contributed by atoms with Gasteiger partial charge in [0.25, 0.3) is 0 Å². The Morgan fingerprint density at radius 2 is 1.50 bits per heavy atom. The van der Waals surface area contributed by atoms with Crippen LogP contribution in [-0.4, -0.2) is 69.0 Å². The molecular weight excluding hydrogens is 564 g/mol. The minimum absolute atomic E-state index is 0.0723. The number of ether oxygens (including phenoxy) is 1. The van der Waals surface area contributed by atoms with Gasteiger partial charge in [-0.15, -0.1) is 0 Å². The van der Waals surface area contributed by atoms with Gasteiger partial charge in [-0.3, -0.25) is 13.5 Å². The highest BCUT2D eigenvalue weighted by atomic mass is 32.2. The molecule has 238 valence electrons. The maximum absolute atomic E-state index is 12.3. The largest absolute Gasteiger partial charge is 0.387 e. The van der Waals surface area contributed by atoms with Crippen molar-refractivity contribution in [3.63, 3.8) is 0 Å². The van der Waals surface area contributed by atoms with E-state index < -0.39 is 47.4 Å². The fourth-order valence-corrected chi connectivity index (χ4v) is 5.94. The summed E-state index contributed by atoms with van der Waals surface area (Å²) in [6.45, 7) is 1.63. The van der Waals surface area contributed by atoms with Gasteiger partial charge in [-0.05, 0) is 6.42 Å². The Morgan fingerprint density at radius 3 is 2.10 bits per heavy atom. The van der Waals surface area contributed by atoms with Gasteiger partial charge in [-0.1, -0.05) is 96.8 Å². The summed E-state index contributed by atoms with van der Waals surface area (Å²) in [5.74, 6) is -0.518. The summed E-state index contributed by atoms with van der Waals surface area (Å²) in [5.41, 5.74) is 6.35. The number of aromatic nitrogens is 4. The zero-order valence-corrected chi connectivity index (χ0v) is 25.5. The molecule has 2 aromatic rings. The number of hydrogen-bond acceptors (Lipinski definition) is 11. The fourth-order valence-electron chi connectivity index (χ4n) is 5.19. The van der Waals surface area contributed by atoms with Gasteiger partial charge in [0.15, 0.2) is 17.7 Å². The first-order chi connectivity index (χ1) is 20.2. The zero-order valence-electron chi connectivity index (χ0n) is 24.7. The molecule has 1 aliphatic rings. The number of imidazole rings is 1. The Balaban J connectivity index is 1.25. The lowest BCUT2D eigenvalue weighted by atomic mass is 10.0. The minimum Gasteiger partial charge on any atom is -0.387 e. The molecule has 0 spiro atoms. The van der Waals surface area contributed by atoms with Crippen LogP contribution in [0.2, 0.25) is 0 Å². The number of aliphatic hydroxyl groups excluding tert-OH is 2. The number of nitrogens with zero attached hydrogens (tertiary/aromatic N) is 4. The van der Waals surface area contributed by atoms with Gasteiger partial charge in [-0.25, -0.2) is 19.7 Å². The quantitative estimate of drug-likeness (QED) is 0.150. The Labute approximate surface area is 248 Å². The number of carbonyl (C=O) groups is 1. The van der Waals surface area contributed by atoms with Crippen LogP contribution < -0.4 is 10.5 Å². The third-order valence-electron chi connectivity index (χ3n) is 7.63. The number of nitrogens with two attached hydrogens (primary N) is 1. The van der Waals surface area contributed by atoms with Crippen molar-refractivity contribution in [2.45, 2.75) is 134 Å². The van der Waals surface area contributed by atoms with Crippen molar-refractivity contribution in [2.75, 3.05) is 12.3 Å². The molecule has 0 aliphatic carbocycles. The number of carbonyl (C=O) groups excluding carboxylic acids is 1. The molecule has 4 atom stereocenters. The van der Waals surface area contributed by atoms with Gasteiger partial charge >= 0.3 is 10.3 Å². The van der Waals surface area contributed by atoms with Crippen molar-refractivity contribution < 1.29 is 32.3 Å². The van der Waals surface area contributed by atoms with Gasteiger partial charge in [-0.2, -0.15) is 8.42 Å². The van der Waals surface area contributed by atoms with E-state index in [1.165, 1.54) is 87.9 Å². The predicted octanol–water partition coefficient (Wildman–Crippen LogP) is 3.67. The van der Waals surface area contributed by atoms with Crippen LogP contribution in [0.15, 0.2) is 12.7 Å². The van der Waals surface area contributed by atoms with E-state index in [9.17, 15) is 23.4 Å². The Morgan fingerprint density at radius 1 is 0.929 bits per heavy atom. The van der Waals surface area contributed by atoms with Crippen molar-refractivity contribution in [3.8, 4) is 0 Å². The number of unbranched alkanes of at least 4 members (excludes halogenated alkanes) is 14. The fraction of sp³-hybridized carbons (Fsp3) is 0.786. The summed E-state index contributed by atoms with van der Waals surface area (Å²) in [6, 6.07) is 0. The number of nitrogen functional groups attached to an aromatic ring is 1. The normalized spacial score (nSPS) is 20.8. The summed E-state index contributed by atoms with van der Waals surface area (Å²) in [4.78, 5) is 24.2. The summed E-state index contributed by atoms with van der Waals surface area (Å²) in [6.07, 6.45) is 15.5. The first kappa shape index (κ1) is 34.1. The molecule has 0 radical (unpaired) electrons. The van der Waals surface area contributed by atoms with Crippen LogP contribution in [0.5, 0.6) is 0 Å². The molecule has 1 aliphatic heterocycles. The summed E-state index contributed by atoms with van der Waals surface area (Å²) >= 11 is 0. The minimum atomic E-state index is -4.42. The molecule has 13 nitrogen and oxygen atoms in total. The Bertz CT molecular complexity index is 1190. The van der Waals surface area contributed by atoms with Gasteiger partial charge in [0, 0.05) is 6.42 Å². The van der Waals surface area contributed by atoms with Crippen LogP contribution in [0.25, 0.3) is 11.2 Å². The molecule has 5 N–H and O–H groups in total. The third-order valence-corrected chi connectivity index (χ3v) is 8.56. The van der Waals surface area contributed by atoms with Gasteiger partial charge in [0.2, 0.25) is 5.91 Å². The lowest BCUT2D eigenvalue weighted by Crippen LogP contribution is -2.37. The van der Waals surface area contributed by atoms with E-state index in [-0.39, 0.29) is 17.9 Å². The predicted molar refractivity (Wildman–Crippen MR) is 158 cm³/mol. The van der Waals surface area contributed by atoms with Crippen LogP contribution in [0.1, 0.15) is 116 Å². The highest BCUT2D eigenvalue weighted by Crippen LogP contribution is 2.32. The molecule has 0 bridgehead atoms. The maximum Gasteiger partial charge on any atom is 0.362 e. The number of rotatable bonds is 21. The third kappa shape index (κ3) is 10.7. The lowest BCUT2D eigenvalue weighted by Gasteiger charge is -2.16. The van der Waals surface area contributed by atoms with Crippen LogP contribution in [0.4, 0.5) is 5.82 Å². The Hall–Kier alpha value is -2.39. The second-order valence-corrected chi connectivity index (χ2v) is 12.4. The molecule has 3 rings (SSSR count). The lowest BCUT2D eigenvalue weighted by molar-refractivity contribution is -0.119. The SMILES string of the molecule is CCCCCCCCCCCCCCCCCC(=O)NS(=O)(=O)OC[C@H]1O[C@@H](n2cnc3c(N)ncnc32)[C@H](O)[C@@H]1O. The molecular formula is C28H48N6O7S. The first-order valence-corrected chi connectivity index (χ1v) is 16.8. The molecule has 2 aromatic heterocycles. The molecule has 1 saturated heterocycles. The van der Waals surface area contributed by atoms with Crippen molar-refractivity contribution in [1.29, 1.82) is 0 Å². The van der Waals surface area contributed by atoms with E-state index in [1.807, 2.05) is 4.72 Å². The zero-order chi connectivity index (χ0) is 30.4. The van der Waals surface area contributed by atoms with E-state index >= 15 is 0 Å². The monoisotopic (exact) mass is 612 g/mol. The molecule has 1 fully saturated rings. The van der Waals surface area contributed by atoms with Crippen LogP contribution in [0, 0.1) is 0 Å². The van der Waals surface area contributed by atoms with Crippen LogP contribution in [0.3, 0.4) is 0 Å². The smallest absolute Gasteiger partial charge is 0.362 e. The molecule has 0 unspecified atom stereocenters. The molecule has 0 aromatic carbocycles. The second-order valence-electron chi connectivity index (χ2n) is 11.1. The highest BCUT2D eigenvalue weighted by Gasteiger charge is 2.45. The van der Waals surface area contributed by atoms with Gasteiger partial charge < -0.3 is 20.7 Å². The topological polar surface area (TPSA) is 192 Å². The van der Waals surface area contributed by atoms with E-state index in [4.69, 9.17) is 14.7 Å². The maximum atomic E-state index is 12.3. The van der Waals surface area contributed by atoms with E-state index in [1.54, 1.807) is 0 Å². The number of aliphatic hydroxyl groups is 2. The van der Waals surface area contributed by atoms with Crippen molar-refractivity contribution >= 4 is 33.2 Å². The molecule has 0 saturated carbocycles. The van der Waals surface area contributed by atoms with E-state index in [2.05, 4.69) is 21.9 Å². The Kier molecular flexibility index (Phi) is 14.3. The average Bonchev–Trinajstić information content (AvgIpc) is 3.51. The molecule has 1 amide bonds. The van der Waals surface area contributed by atoms with Gasteiger partial charge in [0.05, 0.1) is 12.9 Å². The van der Waals surface area contributed by atoms with Crippen LogP contribution >= 0.6 is 0 Å². The molecule has 3 heterocycles. The van der Waals surface area contributed by atoms with Gasteiger partial charge in [0.1, 0.15) is 30.2 Å². The van der Waals surface area contributed by atoms with E-state index in [0.717, 1.165) is 19.3 Å².